The molecule has 0 aromatic carbocycles. The third-order valence-corrected chi connectivity index (χ3v) is 1.72. The van der Waals surface area contributed by atoms with Crippen LogP contribution >= 0.6 is 0 Å². The fraction of sp³-hybridized carbons (Fsp3) is 0.167. The van der Waals surface area contributed by atoms with E-state index in [9.17, 15) is 9.00 Å². The molecule has 1 aromatic rings. The van der Waals surface area contributed by atoms with Crippen molar-refractivity contribution in [2.75, 3.05) is 0 Å². The molecule has 0 saturated heterocycles. The van der Waals surface area contributed by atoms with Crippen LogP contribution in [0.4, 0.5) is 0 Å². The van der Waals surface area contributed by atoms with Crippen molar-refractivity contribution in [2.24, 2.45) is 0 Å². The Morgan fingerprint density at radius 1 is 1.55 bits per heavy atom. The third-order valence-electron chi connectivity index (χ3n) is 1.14. The predicted molar refractivity (Wildman–Crippen MR) is 41.5 cm³/mol. The normalized spacial score (nSPS) is 12.8. The highest BCUT2D eigenvalue weighted by atomic mass is 32.2. The van der Waals surface area contributed by atoms with Gasteiger partial charge in [0.2, 0.25) is 5.56 Å². The molecule has 0 saturated carbocycles. The second kappa shape index (κ2) is 3.45. The number of hydrogen-bond donors (Lipinski definition) is 2. The molecule has 0 aliphatic rings. The predicted octanol–water partition coefficient (Wildman–Crippen LogP) is 0.0966. The summed E-state index contributed by atoms with van der Waals surface area (Å²) >= 11 is -1.85. The highest BCUT2D eigenvalue weighted by Gasteiger charge is 1.95. The summed E-state index contributed by atoms with van der Waals surface area (Å²) in [5, 5.41) is 0. The highest BCUT2D eigenvalue weighted by molar-refractivity contribution is 7.78. The van der Waals surface area contributed by atoms with Gasteiger partial charge in [-0.15, -0.1) is 0 Å². The summed E-state index contributed by atoms with van der Waals surface area (Å²) in [7, 11) is 0. The fourth-order valence-corrected chi connectivity index (χ4v) is 1.14. The summed E-state index contributed by atoms with van der Waals surface area (Å²) in [6.45, 7) is 0. The van der Waals surface area contributed by atoms with Crippen LogP contribution in [0.25, 0.3) is 0 Å². The van der Waals surface area contributed by atoms with Crippen molar-refractivity contribution in [2.45, 2.75) is 5.75 Å². The lowest BCUT2D eigenvalue weighted by Crippen LogP contribution is -2.04. The maximum Gasteiger partial charge on any atom is 0.247 e. The zero-order valence-corrected chi connectivity index (χ0v) is 6.43. The minimum atomic E-state index is -1.85. The quantitative estimate of drug-likeness (QED) is 0.623. The van der Waals surface area contributed by atoms with Gasteiger partial charge < -0.3 is 9.54 Å². The van der Waals surface area contributed by atoms with Crippen molar-refractivity contribution in [1.82, 2.24) is 4.98 Å². The first-order valence-corrected chi connectivity index (χ1v) is 4.21. The number of rotatable bonds is 2. The van der Waals surface area contributed by atoms with Crippen LogP contribution in [-0.2, 0) is 16.8 Å². The molecule has 0 amide bonds. The van der Waals surface area contributed by atoms with E-state index in [0.717, 1.165) is 0 Å². The van der Waals surface area contributed by atoms with Gasteiger partial charge in [-0.1, -0.05) is 6.07 Å². The number of aromatic amines is 1. The zero-order valence-electron chi connectivity index (χ0n) is 5.61. The first kappa shape index (κ1) is 8.16. The van der Waals surface area contributed by atoms with Gasteiger partial charge in [0.05, 0.1) is 5.75 Å². The van der Waals surface area contributed by atoms with Crippen LogP contribution in [0.15, 0.2) is 23.1 Å². The molecule has 1 heterocycles. The van der Waals surface area contributed by atoms with Crippen molar-refractivity contribution in [3.63, 3.8) is 0 Å². The van der Waals surface area contributed by atoms with Crippen LogP contribution in [0.5, 0.6) is 0 Å². The second-order valence-corrected chi connectivity index (χ2v) is 2.96. The highest BCUT2D eigenvalue weighted by Crippen LogP contribution is 1.96. The molecule has 2 N–H and O–H groups in total. The summed E-state index contributed by atoms with van der Waals surface area (Å²) in [6, 6.07) is 2.84. The van der Waals surface area contributed by atoms with Crippen molar-refractivity contribution >= 4 is 11.1 Å². The molecule has 4 nitrogen and oxygen atoms in total. The van der Waals surface area contributed by atoms with E-state index in [1.165, 1.54) is 18.3 Å². The van der Waals surface area contributed by atoms with Gasteiger partial charge in [-0.05, 0) is 5.56 Å². The molecule has 60 valence electrons. The van der Waals surface area contributed by atoms with Crippen LogP contribution in [-0.4, -0.2) is 13.7 Å². The molecule has 1 unspecified atom stereocenters. The first-order valence-electron chi connectivity index (χ1n) is 2.93. The molecular formula is C6H7NO3S. The topological polar surface area (TPSA) is 70.2 Å². The van der Waals surface area contributed by atoms with E-state index in [1.807, 2.05) is 0 Å². The van der Waals surface area contributed by atoms with E-state index < -0.39 is 11.1 Å². The number of pyridine rings is 1. The molecule has 1 rings (SSSR count). The lowest BCUT2D eigenvalue weighted by Gasteiger charge is -1.93. The van der Waals surface area contributed by atoms with E-state index in [4.69, 9.17) is 4.55 Å². The fourth-order valence-electron chi connectivity index (χ4n) is 0.675. The van der Waals surface area contributed by atoms with Crippen LogP contribution in [0, 0.1) is 0 Å². The van der Waals surface area contributed by atoms with Crippen LogP contribution < -0.4 is 5.56 Å². The van der Waals surface area contributed by atoms with Crippen molar-refractivity contribution < 1.29 is 8.76 Å². The number of nitrogens with one attached hydrogen (secondary N) is 1. The van der Waals surface area contributed by atoms with Crippen LogP contribution in [0.1, 0.15) is 5.56 Å². The van der Waals surface area contributed by atoms with Gasteiger partial charge in [-0.25, -0.2) is 4.21 Å². The second-order valence-electron chi connectivity index (χ2n) is 2.03. The molecular weight excluding hydrogens is 166 g/mol. The van der Waals surface area contributed by atoms with Gasteiger partial charge in [0, 0.05) is 12.3 Å². The first-order chi connectivity index (χ1) is 5.18. The van der Waals surface area contributed by atoms with Gasteiger partial charge in [-0.2, -0.15) is 0 Å². The van der Waals surface area contributed by atoms with Crippen LogP contribution in [0.3, 0.4) is 0 Å². The summed E-state index contributed by atoms with van der Waals surface area (Å²) in [6.07, 6.45) is 1.43. The van der Waals surface area contributed by atoms with Gasteiger partial charge >= 0.3 is 0 Å². The largest absolute Gasteiger partial charge is 0.329 e. The smallest absolute Gasteiger partial charge is 0.247 e. The van der Waals surface area contributed by atoms with E-state index in [0.29, 0.717) is 5.56 Å². The van der Waals surface area contributed by atoms with Crippen LogP contribution in [0.2, 0.25) is 0 Å². The van der Waals surface area contributed by atoms with Crippen molar-refractivity contribution in [3.05, 3.63) is 34.2 Å². The molecule has 0 aliphatic carbocycles. The molecule has 0 bridgehead atoms. The Morgan fingerprint density at radius 3 is 2.73 bits per heavy atom. The Hall–Kier alpha value is -0.940. The molecule has 0 aliphatic heterocycles. The monoisotopic (exact) mass is 173 g/mol. The van der Waals surface area contributed by atoms with Crippen molar-refractivity contribution in [1.29, 1.82) is 0 Å². The summed E-state index contributed by atoms with van der Waals surface area (Å²) in [5.74, 6) is 0.0524. The standard InChI is InChI=1S/C6H7NO3S/c8-6-2-1-5(3-7-6)4-11(9)10/h1-3H,4H2,(H,7,8)(H,9,10). The molecule has 11 heavy (non-hydrogen) atoms. The minimum Gasteiger partial charge on any atom is -0.329 e. The average molecular weight is 173 g/mol. The average Bonchev–Trinajstić information content (AvgIpc) is 1.93. The van der Waals surface area contributed by atoms with Gasteiger partial charge in [0.15, 0.2) is 11.1 Å². The lowest BCUT2D eigenvalue weighted by molar-refractivity contribution is 0.563. The Kier molecular flexibility index (Phi) is 2.56. The van der Waals surface area contributed by atoms with Gasteiger partial charge in [-0.3, -0.25) is 4.79 Å². The molecule has 5 heteroatoms. The summed E-state index contributed by atoms with van der Waals surface area (Å²) in [5.41, 5.74) is 0.433. The van der Waals surface area contributed by atoms with Crippen molar-refractivity contribution in [3.8, 4) is 0 Å². The van der Waals surface area contributed by atoms with Gasteiger partial charge in [0.25, 0.3) is 0 Å². The SMILES string of the molecule is O=c1ccc(CS(=O)O)c[nH]1. The molecule has 1 aromatic heterocycles. The zero-order chi connectivity index (χ0) is 8.27. The Balaban J connectivity index is 2.82. The lowest BCUT2D eigenvalue weighted by atomic mass is 10.3. The molecule has 0 spiro atoms. The molecule has 1 atom stereocenters. The number of H-pyrrole nitrogens is 1. The maximum atomic E-state index is 10.5. The van der Waals surface area contributed by atoms with E-state index in [1.54, 1.807) is 0 Å². The van der Waals surface area contributed by atoms with Gasteiger partial charge in [0.1, 0.15) is 0 Å². The third kappa shape index (κ3) is 2.65. The summed E-state index contributed by atoms with van der Waals surface area (Å²) in [4.78, 5) is 12.9. The number of hydrogen-bond acceptors (Lipinski definition) is 2. The number of aromatic nitrogens is 1. The van der Waals surface area contributed by atoms with E-state index >= 15 is 0 Å². The summed E-state index contributed by atoms with van der Waals surface area (Å²) < 4.78 is 18.7. The Bertz CT molecular complexity index is 299. The molecule has 0 radical (unpaired) electrons. The molecule has 0 fully saturated rings. The Morgan fingerprint density at radius 2 is 2.27 bits per heavy atom. The Labute approximate surface area is 65.6 Å². The van der Waals surface area contributed by atoms with E-state index in [-0.39, 0.29) is 11.3 Å². The van der Waals surface area contributed by atoms with E-state index in [2.05, 4.69) is 4.98 Å². The maximum absolute atomic E-state index is 10.5. The minimum absolute atomic E-state index is 0.0524.